The Balaban J connectivity index is 1.96. The van der Waals surface area contributed by atoms with Gasteiger partial charge in [-0.05, 0) is 18.1 Å². The third kappa shape index (κ3) is 4.53. The molecule has 1 aliphatic rings. The first-order valence-electron chi connectivity index (χ1n) is 7.61. The Morgan fingerprint density at radius 2 is 1.92 bits per heavy atom. The van der Waals surface area contributed by atoms with Crippen molar-refractivity contribution < 1.29 is 13.2 Å². The third-order valence-electron chi connectivity index (χ3n) is 4.03. The van der Waals surface area contributed by atoms with E-state index in [1.165, 1.54) is 4.31 Å². The maximum absolute atomic E-state index is 12.4. The summed E-state index contributed by atoms with van der Waals surface area (Å²) in [6.07, 6.45) is 1.50. The van der Waals surface area contributed by atoms with Gasteiger partial charge in [0.15, 0.2) is 0 Å². The van der Waals surface area contributed by atoms with E-state index in [9.17, 15) is 13.2 Å². The van der Waals surface area contributed by atoms with Crippen LogP contribution in [0.25, 0.3) is 0 Å². The van der Waals surface area contributed by atoms with Crippen LogP contribution in [-0.4, -0.2) is 67.8 Å². The smallest absolute Gasteiger partial charge is 0.239 e. The Bertz CT molecular complexity index is 726. The lowest BCUT2D eigenvalue weighted by atomic mass is 10.0. The van der Waals surface area contributed by atoms with Crippen molar-refractivity contribution in [2.24, 2.45) is 11.5 Å². The van der Waals surface area contributed by atoms with Crippen LogP contribution in [-0.2, 0) is 21.2 Å². The molecule has 0 aliphatic carbocycles. The van der Waals surface area contributed by atoms with E-state index in [-0.39, 0.29) is 24.8 Å². The van der Waals surface area contributed by atoms with Crippen molar-refractivity contribution in [2.75, 3.05) is 32.4 Å². The number of amides is 1. The minimum atomic E-state index is -3.22. The van der Waals surface area contributed by atoms with Gasteiger partial charge in [0.05, 0.1) is 12.3 Å². The van der Waals surface area contributed by atoms with Gasteiger partial charge in [-0.2, -0.15) is 4.31 Å². The van der Waals surface area contributed by atoms with Gasteiger partial charge in [-0.1, -0.05) is 18.2 Å². The molecule has 9 heteroatoms. The summed E-state index contributed by atoms with van der Waals surface area (Å²) in [5, 5.41) is 7.45. The van der Waals surface area contributed by atoms with E-state index in [2.05, 4.69) is 0 Å². The van der Waals surface area contributed by atoms with E-state index in [1.807, 2.05) is 6.07 Å². The largest absolute Gasteiger partial charge is 0.384 e. The van der Waals surface area contributed by atoms with Gasteiger partial charge in [0.2, 0.25) is 15.9 Å². The standard InChI is InChI=1S/C15H23N5O3S/c1-24(22,23)20-7-5-19(6-8-20)15(21)13(16)10-11-3-2-4-12(9-11)14(17)18/h2-4,9,13H,5-8,10,16H2,1H3,(H3,17,18)/t13-/m0/s1. The number of carbonyl (C=O) groups is 1. The van der Waals surface area contributed by atoms with Gasteiger partial charge in [0.1, 0.15) is 5.84 Å². The number of sulfonamides is 1. The molecule has 1 amide bonds. The number of nitrogens with zero attached hydrogens (tertiary/aromatic N) is 2. The molecule has 1 aromatic carbocycles. The van der Waals surface area contributed by atoms with Crippen LogP contribution in [0.4, 0.5) is 0 Å². The predicted molar refractivity (Wildman–Crippen MR) is 92.1 cm³/mol. The zero-order valence-electron chi connectivity index (χ0n) is 13.6. The second kappa shape index (κ2) is 7.29. The monoisotopic (exact) mass is 353 g/mol. The van der Waals surface area contributed by atoms with Gasteiger partial charge in [-0.15, -0.1) is 0 Å². The number of rotatable bonds is 5. The Labute approximate surface area is 142 Å². The lowest BCUT2D eigenvalue weighted by Crippen LogP contribution is -2.54. The number of nitrogen functional groups attached to an aromatic ring is 1. The van der Waals surface area contributed by atoms with E-state index in [1.54, 1.807) is 23.1 Å². The molecule has 1 heterocycles. The fourth-order valence-electron chi connectivity index (χ4n) is 2.68. The highest BCUT2D eigenvalue weighted by atomic mass is 32.2. The van der Waals surface area contributed by atoms with E-state index in [4.69, 9.17) is 16.9 Å². The van der Waals surface area contributed by atoms with Crippen molar-refractivity contribution in [1.82, 2.24) is 9.21 Å². The number of carbonyl (C=O) groups excluding carboxylic acids is 1. The molecule has 0 bridgehead atoms. The first-order valence-corrected chi connectivity index (χ1v) is 9.46. The number of hydrogen-bond acceptors (Lipinski definition) is 5. The Hall–Kier alpha value is -1.97. The van der Waals surface area contributed by atoms with E-state index in [0.29, 0.717) is 25.1 Å². The van der Waals surface area contributed by atoms with Crippen LogP contribution in [0.3, 0.4) is 0 Å². The molecule has 132 valence electrons. The van der Waals surface area contributed by atoms with E-state index in [0.717, 1.165) is 11.8 Å². The molecule has 5 N–H and O–H groups in total. The first kappa shape index (κ1) is 18.4. The second-order valence-electron chi connectivity index (χ2n) is 5.91. The molecule has 0 radical (unpaired) electrons. The highest BCUT2D eigenvalue weighted by Crippen LogP contribution is 2.11. The number of piperazine rings is 1. The van der Waals surface area contributed by atoms with Crippen molar-refractivity contribution in [2.45, 2.75) is 12.5 Å². The molecule has 1 atom stereocenters. The highest BCUT2D eigenvalue weighted by Gasteiger charge is 2.28. The van der Waals surface area contributed by atoms with Crippen LogP contribution in [0.2, 0.25) is 0 Å². The molecule has 1 aliphatic heterocycles. The maximum Gasteiger partial charge on any atom is 0.239 e. The molecule has 0 unspecified atom stereocenters. The first-order chi connectivity index (χ1) is 11.2. The lowest BCUT2D eigenvalue weighted by molar-refractivity contribution is -0.133. The normalized spacial score (nSPS) is 17.5. The number of amidine groups is 1. The van der Waals surface area contributed by atoms with Gasteiger partial charge in [0, 0.05) is 31.7 Å². The topological polar surface area (TPSA) is 134 Å². The summed E-state index contributed by atoms with van der Waals surface area (Å²) in [5.74, 6) is -0.231. The number of nitrogens with two attached hydrogens (primary N) is 2. The van der Waals surface area contributed by atoms with Crippen LogP contribution in [0, 0.1) is 5.41 Å². The molecule has 0 aromatic heterocycles. The fraction of sp³-hybridized carbons (Fsp3) is 0.467. The minimum absolute atomic E-state index is 0.0337. The Kier molecular flexibility index (Phi) is 5.58. The third-order valence-corrected chi connectivity index (χ3v) is 5.33. The molecule has 24 heavy (non-hydrogen) atoms. The summed E-state index contributed by atoms with van der Waals surface area (Å²) in [6, 6.07) is 6.37. The minimum Gasteiger partial charge on any atom is -0.384 e. The summed E-state index contributed by atoms with van der Waals surface area (Å²) in [6.45, 7) is 1.26. The average Bonchev–Trinajstić information content (AvgIpc) is 2.53. The second-order valence-corrected chi connectivity index (χ2v) is 7.89. The molecular weight excluding hydrogens is 330 g/mol. The van der Waals surface area contributed by atoms with Gasteiger partial charge >= 0.3 is 0 Å². The van der Waals surface area contributed by atoms with Crippen LogP contribution in [0.15, 0.2) is 24.3 Å². The van der Waals surface area contributed by atoms with Crippen LogP contribution < -0.4 is 11.5 Å². The van der Waals surface area contributed by atoms with Crippen molar-refractivity contribution in [3.05, 3.63) is 35.4 Å². The van der Waals surface area contributed by atoms with Crippen LogP contribution in [0.1, 0.15) is 11.1 Å². The molecule has 0 saturated carbocycles. The van der Waals surface area contributed by atoms with E-state index < -0.39 is 16.1 Å². The van der Waals surface area contributed by atoms with Crippen molar-refractivity contribution in [3.8, 4) is 0 Å². The van der Waals surface area contributed by atoms with Gasteiger partial charge < -0.3 is 16.4 Å². The maximum atomic E-state index is 12.4. The summed E-state index contributed by atoms with van der Waals surface area (Å²) < 4.78 is 24.3. The summed E-state index contributed by atoms with van der Waals surface area (Å²) >= 11 is 0. The molecule has 1 aromatic rings. The molecule has 2 rings (SSSR count). The van der Waals surface area contributed by atoms with Crippen LogP contribution in [0.5, 0.6) is 0 Å². The quantitative estimate of drug-likeness (QED) is 0.458. The number of nitrogens with one attached hydrogen (secondary N) is 1. The lowest BCUT2D eigenvalue weighted by Gasteiger charge is -2.34. The molecule has 8 nitrogen and oxygen atoms in total. The van der Waals surface area contributed by atoms with Gasteiger partial charge in [-0.25, -0.2) is 8.42 Å². The molecular formula is C15H23N5O3S. The van der Waals surface area contributed by atoms with Gasteiger partial charge in [0.25, 0.3) is 0 Å². The fourth-order valence-corrected chi connectivity index (χ4v) is 3.51. The zero-order chi connectivity index (χ0) is 17.9. The molecule has 1 saturated heterocycles. The zero-order valence-corrected chi connectivity index (χ0v) is 14.4. The van der Waals surface area contributed by atoms with Crippen molar-refractivity contribution >= 4 is 21.8 Å². The molecule has 1 fully saturated rings. The molecule has 0 spiro atoms. The summed E-state index contributed by atoms with van der Waals surface area (Å²) in [5.41, 5.74) is 12.9. The Morgan fingerprint density at radius 3 is 2.46 bits per heavy atom. The SMILES string of the molecule is CS(=O)(=O)N1CCN(C(=O)[C@@H](N)Cc2cccc(C(=N)N)c2)CC1. The Morgan fingerprint density at radius 1 is 1.29 bits per heavy atom. The van der Waals surface area contributed by atoms with Crippen molar-refractivity contribution in [3.63, 3.8) is 0 Å². The average molecular weight is 353 g/mol. The number of hydrogen-bond donors (Lipinski definition) is 3. The van der Waals surface area contributed by atoms with Gasteiger partial charge in [-0.3, -0.25) is 10.2 Å². The predicted octanol–water partition coefficient (Wildman–Crippen LogP) is -1.06. The summed E-state index contributed by atoms with van der Waals surface area (Å²) in [4.78, 5) is 14.0. The van der Waals surface area contributed by atoms with Crippen LogP contribution >= 0.6 is 0 Å². The summed E-state index contributed by atoms with van der Waals surface area (Å²) in [7, 11) is -3.22. The number of benzene rings is 1. The highest BCUT2D eigenvalue weighted by molar-refractivity contribution is 7.88. The van der Waals surface area contributed by atoms with Crippen molar-refractivity contribution in [1.29, 1.82) is 5.41 Å². The van der Waals surface area contributed by atoms with E-state index >= 15 is 0 Å².